The van der Waals surface area contributed by atoms with Crippen LogP contribution in [0.4, 0.5) is 0 Å². The number of rotatable bonds is 2. The molecule has 0 N–H and O–H groups in total. The van der Waals surface area contributed by atoms with Gasteiger partial charge in [0.25, 0.3) is 0 Å². The van der Waals surface area contributed by atoms with Crippen LogP contribution in [0.3, 0.4) is 0 Å². The number of hydrogen-bond donors (Lipinski definition) is 0. The van der Waals surface area contributed by atoms with Crippen molar-refractivity contribution in [1.82, 2.24) is 0 Å². The molecule has 0 saturated carbocycles. The molecule has 0 fully saturated rings. The molecule has 1 aromatic rings. The van der Waals surface area contributed by atoms with Gasteiger partial charge in [-0.2, -0.15) is 5.26 Å². The van der Waals surface area contributed by atoms with E-state index in [2.05, 4.69) is 4.74 Å². The minimum absolute atomic E-state index is 0.458. The Morgan fingerprint density at radius 1 is 1.60 bits per heavy atom. The standard InChI is InChI=1S/C11H8ClNO2/c1-15-11(14)5-3-8-6-10(12)4-2-9(8)7-13/h2-6H,1H3. The molecule has 0 aromatic heterocycles. The van der Waals surface area contributed by atoms with Crippen molar-refractivity contribution in [1.29, 1.82) is 5.26 Å². The summed E-state index contributed by atoms with van der Waals surface area (Å²) >= 11 is 5.76. The van der Waals surface area contributed by atoms with Crippen molar-refractivity contribution in [3.8, 4) is 6.07 Å². The molecule has 0 radical (unpaired) electrons. The minimum atomic E-state index is -0.473. The first kappa shape index (κ1) is 11.3. The summed E-state index contributed by atoms with van der Waals surface area (Å²) in [7, 11) is 1.29. The van der Waals surface area contributed by atoms with E-state index in [9.17, 15) is 4.79 Å². The van der Waals surface area contributed by atoms with Gasteiger partial charge >= 0.3 is 5.97 Å². The molecule has 0 saturated heterocycles. The van der Waals surface area contributed by atoms with E-state index < -0.39 is 5.97 Å². The zero-order valence-electron chi connectivity index (χ0n) is 8.03. The number of hydrogen-bond acceptors (Lipinski definition) is 3. The lowest BCUT2D eigenvalue weighted by atomic mass is 10.1. The maximum absolute atomic E-state index is 10.8. The second-order valence-electron chi connectivity index (χ2n) is 2.70. The Bertz CT molecular complexity index is 446. The highest BCUT2D eigenvalue weighted by molar-refractivity contribution is 6.30. The second-order valence-corrected chi connectivity index (χ2v) is 3.14. The number of carbonyl (C=O) groups is 1. The van der Waals surface area contributed by atoms with Crippen LogP contribution in [-0.4, -0.2) is 13.1 Å². The second kappa shape index (κ2) is 5.18. The van der Waals surface area contributed by atoms with Crippen LogP contribution in [0, 0.1) is 11.3 Å². The lowest BCUT2D eigenvalue weighted by Gasteiger charge is -1.98. The van der Waals surface area contributed by atoms with Gasteiger partial charge in [0.1, 0.15) is 0 Å². The average Bonchev–Trinajstić information content (AvgIpc) is 2.26. The average molecular weight is 222 g/mol. The third-order valence-corrected chi connectivity index (χ3v) is 1.97. The fourth-order valence-electron chi connectivity index (χ4n) is 0.999. The zero-order chi connectivity index (χ0) is 11.3. The van der Waals surface area contributed by atoms with E-state index in [1.165, 1.54) is 19.3 Å². The summed E-state index contributed by atoms with van der Waals surface area (Å²) in [5.74, 6) is -0.473. The maximum atomic E-state index is 10.8. The molecule has 0 amide bonds. The van der Waals surface area contributed by atoms with Crippen LogP contribution in [0.5, 0.6) is 0 Å². The van der Waals surface area contributed by atoms with Crippen LogP contribution in [-0.2, 0) is 9.53 Å². The largest absolute Gasteiger partial charge is 0.466 e. The number of methoxy groups -OCH3 is 1. The molecule has 0 aliphatic heterocycles. The molecule has 15 heavy (non-hydrogen) atoms. The molecule has 3 nitrogen and oxygen atoms in total. The van der Waals surface area contributed by atoms with Gasteiger partial charge in [-0.3, -0.25) is 0 Å². The summed E-state index contributed by atoms with van der Waals surface area (Å²) in [5, 5.41) is 9.30. The topological polar surface area (TPSA) is 50.1 Å². The van der Waals surface area contributed by atoms with Gasteiger partial charge in [0.15, 0.2) is 0 Å². The van der Waals surface area contributed by atoms with Crippen molar-refractivity contribution >= 4 is 23.6 Å². The van der Waals surface area contributed by atoms with Crippen molar-refractivity contribution in [3.05, 3.63) is 40.4 Å². The Labute approximate surface area is 92.5 Å². The molecule has 0 heterocycles. The van der Waals surface area contributed by atoms with Crippen molar-refractivity contribution in [2.24, 2.45) is 0 Å². The Morgan fingerprint density at radius 3 is 2.93 bits per heavy atom. The fraction of sp³-hybridized carbons (Fsp3) is 0.0909. The number of nitrogens with zero attached hydrogens (tertiary/aromatic N) is 1. The van der Waals surface area contributed by atoms with Gasteiger partial charge in [0.05, 0.1) is 18.7 Å². The van der Waals surface area contributed by atoms with Crippen LogP contribution in [0.1, 0.15) is 11.1 Å². The van der Waals surface area contributed by atoms with Crippen molar-refractivity contribution in [2.75, 3.05) is 7.11 Å². The van der Waals surface area contributed by atoms with E-state index in [1.54, 1.807) is 18.2 Å². The summed E-state index contributed by atoms with van der Waals surface area (Å²) in [6, 6.07) is 6.83. The summed E-state index contributed by atoms with van der Waals surface area (Å²) in [6.45, 7) is 0. The minimum Gasteiger partial charge on any atom is -0.466 e. The van der Waals surface area contributed by atoms with E-state index >= 15 is 0 Å². The van der Waals surface area contributed by atoms with Crippen molar-refractivity contribution < 1.29 is 9.53 Å². The van der Waals surface area contributed by atoms with Gasteiger partial charge in [-0.25, -0.2) is 4.79 Å². The van der Waals surface area contributed by atoms with E-state index in [4.69, 9.17) is 16.9 Å². The van der Waals surface area contributed by atoms with Crippen molar-refractivity contribution in [3.63, 3.8) is 0 Å². The number of carbonyl (C=O) groups excluding carboxylic acids is 1. The molecule has 4 heteroatoms. The predicted octanol–water partition coefficient (Wildman–Crippen LogP) is 2.40. The SMILES string of the molecule is COC(=O)C=Cc1cc(Cl)ccc1C#N. The molecular weight excluding hydrogens is 214 g/mol. The van der Waals surface area contributed by atoms with Crippen LogP contribution in [0.25, 0.3) is 6.08 Å². The van der Waals surface area contributed by atoms with Crippen LogP contribution < -0.4 is 0 Å². The van der Waals surface area contributed by atoms with Crippen LogP contribution >= 0.6 is 11.6 Å². The first-order valence-corrected chi connectivity index (χ1v) is 4.51. The van der Waals surface area contributed by atoms with Gasteiger partial charge in [-0.1, -0.05) is 11.6 Å². The Kier molecular flexibility index (Phi) is 3.90. The van der Waals surface area contributed by atoms with Gasteiger partial charge in [-0.05, 0) is 29.8 Å². The molecule has 76 valence electrons. The number of ether oxygens (including phenoxy) is 1. The monoisotopic (exact) mass is 221 g/mol. The lowest BCUT2D eigenvalue weighted by Crippen LogP contribution is -1.93. The highest BCUT2D eigenvalue weighted by atomic mass is 35.5. The number of nitriles is 1. The molecule has 1 aromatic carbocycles. The summed E-state index contributed by atoms with van der Waals surface area (Å²) in [4.78, 5) is 10.8. The van der Waals surface area contributed by atoms with Gasteiger partial charge in [0, 0.05) is 11.1 Å². The maximum Gasteiger partial charge on any atom is 0.330 e. The van der Waals surface area contributed by atoms with Crippen LogP contribution in [0.15, 0.2) is 24.3 Å². The highest BCUT2D eigenvalue weighted by Gasteiger charge is 2.00. The smallest absolute Gasteiger partial charge is 0.330 e. The molecule has 0 atom stereocenters. The zero-order valence-corrected chi connectivity index (χ0v) is 8.78. The fourth-order valence-corrected chi connectivity index (χ4v) is 1.18. The van der Waals surface area contributed by atoms with Gasteiger partial charge in [-0.15, -0.1) is 0 Å². The van der Waals surface area contributed by atoms with Gasteiger partial charge < -0.3 is 4.74 Å². The summed E-state index contributed by atoms with van der Waals surface area (Å²) < 4.78 is 4.43. The molecule has 0 unspecified atom stereocenters. The number of benzene rings is 1. The number of esters is 1. The first-order chi connectivity index (χ1) is 7.17. The number of halogens is 1. The van der Waals surface area contributed by atoms with Crippen LogP contribution in [0.2, 0.25) is 5.02 Å². The molecule has 0 aliphatic carbocycles. The lowest BCUT2D eigenvalue weighted by molar-refractivity contribution is -0.134. The third kappa shape index (κ3) is 3.12. The Balaban J connectivity index is 3.03. The molecule has 0 spiro atoms. The van der Waals surface area contributed by atoms with E-state index in [-0.39, 0.29) is 0 Å². The Morgan fingerprint density at radius 2 is 2.33 bits per heavy atom. The van der Waals surface area contributed by atoms with E-state index in [0.29, 0.717) is 16.1 Å². The highest BCUT2D eigenvalue weighted by Crippen LogP contribution is 2.16. The Hall–Kier alpha value is -1.79. The molecular formula is C11H8ClNO2. The van der Waals surface area contributed by atoms with Crippen molar-refractivity contribution in [2.45, 2.75) is 0 Å². The first-order valence-electron chi connectivity index (χ1n) is 4.13. The molecule has 0 aliphatic rings. The van der Waals surface area contributed by atoms with E-state index in [1.807, 2.05) is 6.07 Å². The quantitative estimate of drug-likeness (QED) is 0.569. The molecule has 0 bridgehead atoms. The normalized spacial score (nSPS) is 9.93. The van der Waals surface area contributed by atoms with Gasteiger partial charge in [0.2, 0.25) is 0 Å². The third-order valence-electron chi connectivity index (χ3n) is 1.73. The summed E-state index contributed by atoms with van der Waals surface area (Å²) in [5.41, 5.74) is 1.05. The predicted molar refractivity (Wildman–Crippen MR) is 57.2 cm³/mol. The summed E-state index contributed by atoms with van der Waals surface area (Å²) in [6.07, 6.45) is 2.74. The molecule has 1 rings (SSSR count). The van der Waals surface area contributed by atoms with E-state index in [0.717, 1.165) is 0 Å².